The van der Waals surface area contributed by atoms with Crippen molar-refractivity contribution >= 4 is 15.8 Å². The van der Waals surface area contributed by atoms with Gasteiger partial charge in [0, 0.05) is 6.07 Å². The molecule has 0 unspecified atom stereocenters. The van der Waals surface area contributed by atoms with Gasteiger partial charge in [0.25, 0.3) is 5.69 Å². The van der Waals surface area contributed by atoms with E-state index in [9.17, 15) is 18.5 Å². The molecule has 86 valence electrons. The van der Waals surface area contributed by atoms with Gasteiger partial charge < -0.3 is 0 Å². The van der Waals surface area contributed by atoms with E-state index in [1.165, 1.54) is 12.1 Å². The third kappa shape index (κ3) is 2.05. The summed E-state index contributed by atoms with van der Waals surface area (Å²) in [5, 5.41) is 10.6. The molecule has 0 bridgehead atoms. The van der Waals surface area contributed by atoms with Crippen molar-refractivity contribution in [3.8, 4) is 0 Å². The van der Waals surface area contributed by atoms with E-state index in [0.29, 0.717) is 0 Å². The van der Waals surface area contributed by atoms with E-state index in [0.717, 1.165) is 24.5 Å². The monoisotopic (exact) mass is 243 g/mol. The van der Waals surface area contributed by atoms with Gasteiger partial charge >= 0.3 is 10.1 Å². The van der Waals surface area contributed by atoms with Crippen molar-refractivity contribution in [2.45, 2.75) is 23.7 Å². The predicted octanol–water partition coefficient (Wildman–Crippen LogP) is 1.72. The van der Waals surface area contributed by atoms with Crippen LogP contribution >= 0.6 is 0 Å². The van der Waals surface area contributed by atoms with Gasteiger partial charge in [-0.25, -0.2) is 0 Å². The highest BCUT2D eigenvalue weighted by molar-refractivity contribution is 7.86. The van der Waals surface area contributed by atoms with E-state index in [-0.39, 0.29) is 5.92 Å². The van der Waals surface area contributed by atoms with Gasteiger partial charge in [-0.05, 0) is 30.4 Å². The molecule has 0 radical (unpaired) electrons. The number of rotatable bonds is 3. The van der Waals surface area contributed by atoms with Crippen LogP contribution in [0.2, 0.25) is 0 Å². The molecule has 2 rings (SSSR count). The minimum Gasteiger partial charge on any atom is -0.282 e. The van der Waals surface area contributed by atoms with Crippen molar-refractivity contribution in [2.24, 2.45) is 0 Å². The van der Waals surface area contributed by atoms with Crippen LogP contribution in [0.4, 0.5) is 5.69 Å². The van der Waals surface area contributed by atoms with Crippen molar-refractivity contribution in [1.29, 1.82) is 0 Å². The average molecular weight is 243 g/mol. The summed E-state index contributed by atoms with van der Waals surface area (Å²) >= 11 is 0. The van der Waals surface area contributed by atoms with Crippen LogP contribution in [-0.4, -0.2) is 17.9 Å². The molecule has 0 aliphatic heterocycles. The first kappa shape index (κ1) is 11.0. The predicted molar refractivity (Wildman–Crippen MR) is 54.9 cm³/mol. The molecule has 1 aromatic rings. The van der Waals surface area contributed by atoms with Crippen LogP contribution in [0.3, 0.4) is 0 Å². The smallest absolute Gasteiger partial charge is 0.282 e. The molecule has 0 spiro atoms. The summed E-state index contributed by atoms with van der Waals surface area (Å²) in [6.45, 7) is 0. The number of nitro benzene ring substituents is 1. The molecule has 16 heavy (non-hydrogen) atoms. The first-order valence-corrected chi connectivity index (χ1v) is 6.09. The summed E-state index contributed by atoms with van der Waals surface area (Å²) in [6, 6.07) is 3.84. The lowest BCUT2D eigenvalue weighted by atomic mass is 10.1. The zero-order valence-corrected chi connectivity index (χ0v) is 8.98. The van der Waals surface area contributed by atoms with Crippen LogP contribution in [-0.2, 0) is 10.1 Å². The Balaban J connectivity index is 2.59. The Kier molecular flexibility index (Phi) is 2.43. The number of hydrogen-bond donors (Lipinski definition) is 1. The molecule has 1 aromatic carbocycles. The van der Waals surface area contributed by atoms with Gasteiger partial charge in [-0.3, -0.25) is 14.7 Å². The van der Waals surface area contributed by atoms with E-state index in [4.69, 9.17) is 4.55 Å². The fraction of sp³-hybridized carbons (Fsp3) is 0.333. The highest BCUT2D eigenvalue weighted by Gasteiger charge is 2.29. The molecule has 1 saturated carbocycles. The van der Waals surface area contributed by atoms with Crippen LogP contribution in [0.15, 0.2) is 23.1 Å². The highest BCUT2D eigenvalue weighted by Crippen LogP contribution is 2.41. The highest BCUT2D eigenvalue weighted by atomic mass is 32.2. The Morgan fingerprint density at radius 2 is 2.00 bits per heavy atom. The molecule has 7 heteroatoms. The summed E-state index contributed by atoms with van der Waals surface area (Å²) in [5.41, 5.74) is 0.130. The first-order valence-electron chi connectivity index (χ1n) is 4.65. The molecule has 1 aliphatic carbocycles. The van der Waals surface area contributed by atoms with Crippen LogP contribution in [0.25, 0.3) is 0 Å². The van der Waals surface area contributed by atoms with Crippen LogP contribution in [0.5, 0.6) is 0 Å². The maximum absolute atomic E-state index is 11.0. The Hall–Kier alpha value is -1.47. The Morgan fingerprint density at radius 1 is 1.38 bits per heavy atom. The molecule has 1 fully saturated rings. The second-order valence-corrected chi connectivity index (χ2v) is 5.12. The normalized spacial score (nSPS) is 16.1. The molecule has 0 atom stereocenters. The second-order valence-electron chi connectivity index (χ2n) is 3.73. The molecule has 0 heterocycles. The Labute approximate surface area is 91.8 Å². The minimum absolute atomic E-state index is 0.265. The summed E-state index contributed by atoms with van der Waals surface area (Å²) < 4.78 is 30.9. The van der Waals surface area contributed by atoms with E-state index in [1.54, 1.807) is 0 Å². The van der Waals surface area contributed by atoms with Crippen LogP contribution < -0.4 is 0 Å². The number of hydrogen-bond acceptors (Lipinski definition) is 4. The summed E-state index contributed by atoms with van der Waals surface area (Å²) in [4.78, 5) is 9.15. The fourth-order valence-electron chi connectivity index (χ4n) is 1.56. The standard InChI is InChI=1S/C9H9NO5S/c11-10(12)8-4-3-7(6-1-2-6)5-9(8)16(13,14)15/h3-6H,1-2H2,(H,13,14,15). The zero-order valence-electron chi connectivity index (χ0n) is 8.16. The molecule has 1 aliphatic rings. The summed E-state index contributed by atoms with van der Waals surface area (Å²) in [6.07, 6.45) is 1.89. The van der Waals surface area contributed by atoms with Gasteiger partial charge in [-0.15, -0.1) is 0 Å². The van der Waals surface area contributed by atoms with Gasteiger partial charge in [0.2, 0.25) is 0 Å². The Morgan fingerprint density at radius 3 is 2.44 bits per heavy atom. The first-order chi connectivity index (χ1) is 7.39. The summed E-state index contributed by atoms with van der Waals surface area (Å²) in [7, 11) is -4.55. The van der Waals surface area contributed by atoms with Gasteiger partial charge in [0.1, 0.15) is 0 Å². The van der Waals surface area contributed by atoms with E-state index >= 15 is 0 Å². The minimum atomic E-state index is -4.55. The Bertz CT molecular complexity index is 547. The number of nitro groups is 1. The lowest BCUT2D eigenvalue weighted by Gasteiger charge is -2.02. The molecule has 0 amide bonds. The topological polar surface area (TPSA) is 97.5 Å². The van der Waals surface area contributed by atoms with Crippen molar-refractivity contribution < 1.29 is 17.9 Å². The quantitative estimate of drug-likeness (QED) is 0.495. The largest absolute Gasteiger partial charge is 0.301 e. The van der Waals surface area contributed by atoms with Crippen molar-refractivity contribution in [3.63, 3.8) is 0 Å². The van der Waals surface area contributed by atoms with E-state index < -0.39 is 25.6 Å². The average Bonchev–Trinajstić information content (AvgIpc) is 2.98. The lowest BCUT2D eigenvalue weighted by molar-refractivity contribution is -0.387. The molecule has 0 saturated heterocycles. The molecular formula is C9H9NO5S. The van der Waals surface area contributed by atoms with Crippen molar-refractivity contribution in [1.82, 2.24) is 0 Å². The van der Waals surface area contributed by atoms with Crippen LogP contribution in [0.1, 0.15) is 24.3 Å². The fourth-order valence-corrected chi connectivity index (χ4v) is 2.25. The molecule has 0 aromatic heterocycles. The van der Waals surface area contributed by atoms with Gasteiger partial charge in [-0.1, -0.05) is 6.07 Å². The van der Waals surface area contributed by atoms with E-state index in [2.05, 4.69) is 0 Å². The maximum atomic E-state index is 11.0. The van der Waals surface area contributed by atoms with Gasteiger partial charge in [0.05, 0.1) is 4.92 Å². The zero-order chi connectivity index (χ0) is 11.9. The molecular weight excluding hydrogens is 234 g/mol. The van der Waals surface area contributed by atoms with Crippen molar-refractivity contribution in [3.05, 3.63) is 33.9 Å². The van der Waals surface area contributed by atoms with E-state index in [1.807, 2.05) is 0 Å². The molecule has 1 N–H and O–H groups in total. The third-order valence-electron chi connectivity index (χ3n) is 2.51. The SMILES string of the molecule is O=[N+]([O-])c1ccc(C2CC2)cc1S(=O)(=O)O. The lowest BCUT2D eigenvalue weighted by Crippen LogP contribution is -2.04. The number of benzene rings is 1. The third-order valence-corrected chi connectivity index (χ3v) is 3.39. The van der Waals surface area contributed by atoms with Crippen LogP contribution in [0, 0.1) is 10.1 Å². The number of nitrogens with zero attached hydrogens (tertiary/aromatic N) is 1. The maximum Gasteiger partial charge on any atom is 0.301 e. The van der Waals surface area contributed by atoms with Gasteiger partial charge in [-0.2, -0.15) is 8.42 Å². The summed E-state index contributed by atoms with van der Waals surface area (Å²) in [5.74, 6) is 0.265. The molecule has 6 nitrogen and oxygen atoms in total. The van der Waals surface area contributed by atoms with Gasteiger partial charge in [0.15, 0.2) is 4.90 Å². The van der Waals surface area contributed by atoms with Crippen molar-refractivity contribution in [2.75, 3.05) is 0 Å². The second kappa shape index (κ2) is 3.53.